The molecule has 0 saturated carbocycles. The number of aryl methyl sites for hydroxylation is 1. The monoisotopic (exact) mass is 543 g/mol. The quantitative estimate of drug-likeness (QED) is 0.133. The van der Waals surface area contributed by atoms with Gasteiger partial charge in [0, 0.05) is 35.0 Å². The molecule has 0 spiro atoms. The van der Waals surface area contributed by atoms with Crippen LogP contribution in [0.1, 0.15) is 42.0 Å². The van der Waals surface area contributed by atoms with Gasteiger partial charge in [0.2, 0.25) is 0 Å². The summed E-state index contributed by atoms with van der Waals surface area (Å²) in [5.41, 5.74) is 1.22. The minimum absolute atomic E-state index is 0.131. The van der Waals surface area contributed by atoms with Gasteiger partial charge in [0.15, 0.2) is 17.5 Å². The fourth-order valence-corrected chi connectivity index (χ4v) is 3.71. The minimum atomic E-state index is -4.67. The lowest BCUT2D eigenvalue weighted by atomic mass is 10.1. The molecule has 0 bridgehead atoms. The molecule has 0 fully saturated rings. The van der Waals surface area contributed by atoms with Crippen LogP contribution in [0.3, 0.4) is 0 Å². The van der Waals surface area contributed by atoms with Crippen LogP contribution in [0.5, 0.6) is 5.75 Å². The van der Waals surface area contributed by atoms with Gasteiger partial charge in [0.1, 0.15) is 22.9 Å². The Morgan fingerprint density at radius 3 is 1.95 bits per heavy atom. The maximum absolute atomic E-state index is 14.5. The van der Waals surface area contributed by atoms with Crippen molar-refractivity contribution in [3.63, 3.8) is 0 Å². The second-order valence-corrected chi connectivity index (χ2v) is 8.62. The largest absolute Gasteiger partial charge is 0.432 e. The maximum Gasteiger partial charge on any atom is 0.432 e. The Labute approximate surface area is 220 Å². The molecule has 2 nitrogen and oxygen atoms in total. The van der Waals surface area contributed by atoms with E-state index in [2.05, 4.69) is 28.5 Å². The Kier molecular flexibility index (Phi) is 8.24. The molecule has 0 amide bonds. The van der Waals surface area contributed by atoms with E-state index in [1.165, 1.54) is 0 Å². The summed E-state index contributed by atoms with van der Waals surface area (Å²) in [6.45, 7) is 2.12. The molecular weight excluding hydrogens is 523 g/mol. The predicted octanol–water partition coefficient (Wildman–Crippen LogP) is 8.31. The van der Waals surface area contributed by atoms with E-state index in [1.807, 2.05) is 18.3 Å². The third-order valence-electron chi connectivity index (χ3n) is 5.71. The molecule has 4 rings (SSSR count). The van der Waals surface area contributed by atoms with E-state index in [0.717, 1.165) is 36.1 Å². The van der Waals surface area contributed by atoms with Crippen LogP contribution in [-0.4, -0.2) is 4.98 Å². The van der Waals surface area contributed by atoms with Crippen molar-refractivity contribution in [3.8, 4) is 28.8 Å². The summed E-state index contributed by atoms with van der Waals surface area (Å²) in [7, 11) is 0. The first kappa shape index (κ1) is 27.7. The van der Waals surface area contributed by atoms with Gasteiger partial charge in [-0.25, -0.2) is 22.0 Å². The molecule has 0 aliphatic heterocycles. The van der Waals surface area contributed by atoms with Crippen LogP contribution in [0.25, 0.3) is 11.3 Å². The van der Waals surface area contributed by atoms with Crippen molar-refractivity contribution in [1.29, 1.82) is 0 Å². The normalized spacial score (nSPS) is 11.2. The molecule has 39 heavy (non-hydrogen) atoms. The summed E-state index contributed by atoms with van der Waals surface area (Å²) in [6.07, 6.45) is 0.292. The van der Waals surface area contributed by atoms with Crippen molar-refractivity contribution in [2.24, 2.45) is 0 Å². The van der Waals surface area contributed by atoms with Gasteiger partial charge in [-0.15, -0.1) is 0 Å². The Hall–Kier alpha value is -4.32. The second kappa shape index (κ2) is 11.6. The van der Waals surface area contributed by atoms with Gasteiger partial charge in [-0.3, -0.25) is 4.98 Å². The molecule has 0 atom stereocenters. The van der Waals surface area contributed by atoms with Gasteiger partial charge in [-0.1, -0.05) is 43.4 Å². The SMILES string of the molecule is CCCCc1ccc(-c2ccc(C#Cc3cc(F)c(C(F)(F)Oc4cc(F)c(F)c(F)c4)c(F)c3)cc2)nc1. The molecule has 0 N–H and O–H groups in total. The summed E-state index contributed by atoms with van der Waals surface area (Å²) in [5, 5.41) is 0. The van der Waals surface area contributed by atoms with E-state index < -0.39 is 46.5 Å². The minimum Gasteiger partial charge on any atom is -0.429 e. The fraction of sp³-hybridized carbons (Fsp3) is 0.167. The number of halogens is 7. The van der Waals surface area contributed by atoms with Gasteiger partial charge in [0.25, 0.3) is 0 Å². The van der Waals surface area contributed by atoms with Crippen molar-refractivity contribution in [3.05, 3.63) is 118 Å². The summed E-state index contributed by atoms with van der Waals surface area (Å²) < 4.78 is 102. The number of hydrogen-bond acceptors (Lipinski definition) is 2. The Morgan fingerprint density at radius 2 is 1.38 bits per heavy atom. The molecule has 200 valence electrons. The zero-order chi connectivity index (χ0) is 28.2. The van der Waals surface area contributed by atoms with E-state index in [0.29, 0.717) is 17.7 Å². The van der Waals surface area contributed by atoms with Gasteiger partial charge in [-0.2, -0.15) is 8.78 Å². The Bertz CT molecular complexity index is 1490. The Balaban J connectivity index is 1.51. The summed E-state index contributed by atoms with van der Waals surface area (Å²) in [4.78, 5) is 4.47. The molecule has 1 heterocycles. The molecule has 0 unspecified atom stereocenters. The average molecular weight is 543 g/mol. The van der Waals surface area contributed by atoms with Crippen molar-refractivity contribution < 1.29 is 35.5 Å². The number of alkyl halides is 2. The topological polar surface area (TPSA) is 22.1 Å². The molecule has 9 heteroatoms. The van der Waals surface area contributed by atoms with E-state index in [-0.39, 0.29) is 17.7 Å². The zero-order valence-electron chi connectivity index (χ0n) is 20.5. The van der Waals surface area contributed by atoms with Crippen molar-refractivity contribution >= 4 is 0 Å². The molecule has 0 aliphatic carbocycles. The molecule has 0 radical (unpaired) electrons. The van der Waals surface area contributed by atoms with Crippen LogP contribution in [0.15, 0.2) is 66.9 Å². The standard InChI is InChI=1S/C30H20F7NO/c1-2-3-4-19-9-12-27(38-17-19)21-10-7-18(8-11-21)5-6-20-13-23(31)28(24(32)14-20)30(36,37)39-22-15-25(33)29(35)26(34)16-22/h7-17H,2-4H2,1H3. The first-order valence-corrected chi connectivity index (χ1v) is 11.9. The zero-order valence-corrected chi connectivity index (χ0v) is 20.5. The van der Waals surface area contributed by atoms with Gasteiger partial charge >= 0.3 is 6.11 Å². The van der Waals surface area contributed by atoms with E-state index in [9.17, 15) is 30.7 Å². The molecule has 3 aromatic carbocycles. The summed E-state index contributed by atoms with van der Waals surface area (Å²) in [5.74, 6) is -4.88. The van der Waals surface area contributed by atoms with Crippen molar-refractivity contribution in [2.45, 2.75) is 32.3 Å². The van der Waals surface area contributed by atoms with Crippen LogP contribution >= 0.6 is 0 Å². The first-order chi connectivity index (χ1) is 18.6. The number of benzene rings is 3. The number of ether oxygens (including phenoxy) is 1. The average Bonchev–Trinajstić information content (AvgIpc) is 2.89. The number of aromatic nitrogens is 1. The third kappa shape index (κ3) is 6.58. The highest BCUT2D eigenvalue weighted by Crippen LogP contribution is 2.36. The fourth-order valence-electron chi connectivity index (χ4n) is 3.71. The smallest absolute Gasteiger partial charge is 0.429 e. The van der Waals surface area contributed by atoms with Gasteiger partial charge < -0.3 is 4.74 Å². The van der Waals surface area contributed by atoms with Crippen LogP contribution < -0.4 is 4.74 Å². The number of pyridine rings is 1. The summed E-state index contributed by atoms with van der Waals surface area (Å²) in [6, 6.07) is 12.3. The van der Waals surface area contributed by atoms with E-state index in [1.54, 1.807) is 24.3 Å². The third-order valence-corrected chi connectivity index (χ3v) is 5.71. The lowest BCUT2D eigenvalue weighted by molar-refractivity contribution is -0.189. The lowest BCUT2D eigenvalue weighted by Crippen LogP contribution is -2.25. The predicted molar refractivity (Wildman–Crippen MR) is 131 cm³/mol. The van der Waals surface area contributed by atoms with Crippen LogP contribution in [-0.2, 0) is 12.5 Å². The van der Waals surface area contributed by atoms with Crippen LogP contribution in [0.4, 0.5) is 30.7 Å². The van der Waals surface area contributed by atoms with Crippen LogP contribution in [0.2, 0.25) is 0 Å². The molecular formula is C30H20F7NO. The number of hydrogen-bond donors (Lipinski definition) is 0. The summed E-state index contributed by atoms with van der Waals surface area (Å²) >= 11 is 0. The molecule has 1 aromatic heterocycles. The van der Waals surface area contributed by atoms with Crippen molar-refractivity contribution in [1.82, 2.24) is 4.98 Å². The number of nitrogens with zero attached hydrogens (tertiary/aromatic N) is 1. The number of rotatable bonds is 7. The molecule has 0 aliphatic rings. The maximum atomic E-state index is 14.5. The Morgan fingerprint density at radius 1 is 0.769 bits per heavy atom. The highest BCUT2D eigenvalue weighted by Gasteiger charge is 2.41. The second-order valence-electron chi connectivity index (χ2n) is 8.62. The van der Waals surface area contributed by atoms with Crippen LogP contribution in [0, 0.1) is 40.9 Å². The van der Waals surface area contributed by atoms with Gasteiger partial charge in [-0.05, 0) is 48.7 Å². The number of unbranched alkanes of at least 4 members (excludes halogenated alkanes) is 1. The van der Waals surface area contributed by atoms with E-state index in [4.69, 9.17) is 0 Å². The first-order valence-electron chi connectivity index (χ1n) is 11.9. The molecule has 0 saturated heterocycles. The highest BCUT2D eigenvalue weighted by atomic mass is 19.3. The lowest BCUT2D eigenvalue weighted by Gasteiger charge is -2.19. The van der Waals surface area contributed by atoms with Gasteiger partial charge in [0.05, 0.1) is 5.69 Å². The van der Waals surface area contributed by atoms with E-state index >= 15 is 0 Å². The highest BCUT2D eigenvalue weighted by molar-refractivity contribution is 5.60. The molecule has 4 aromatic rings. The van der Waals surface area contributed by atoms with Crippen molar-refractivity contribution in [2.75, 3.05) is 0 Å².